The molecular weight excluding hydrogens is 388 g/mol. The van der Waals surface area contributed by atoms with E-state index in [0.717, 1.165) is 10.9 Å². The number of aliphatic hydroxyl groups is 1. The average Bonchev–Trinajstić information content (AvgIpc) is 2.99. The lowest BCUT2D eigenvalue weighted by Crippen LogP contribution is -2.35. The molecule has 9 nitrogen and oxygen atoms in total. The minimum atomic E-state index is -3.82. The van der Waals surface area contributed by atoms with Gasteiger partial charge in [-0.2, -0.15) is 5.26 Å². The minimum absolute atomic E-state index is 0.0369. The molecule has 146 valence electrons. The van der Waals surface area contributed by atoms with Crippen molar-refractivity contribution in [3.8, 4) is 6.07 Å². The average molecular weight is 411 g/mol. The summed E-state index contributed by atoms with van der Waals surface area (Å²) < 4.78 is 28.8. The molecule has 1 atom stereocenters. The van der Waals surface area contributed by atoms with Gasteiger partial charge < -0.3 is 15.0 Å². The lowest BCUT2D eigenvalue weighted by Gasteiger charge is -2.13. The van der Waals surface area contributed by atoms with E-state index < -0.39 is 16.1 Å². The lowest BCUT2D eigenvalue weighted by molar-refractivity contribution is 0.265. The fraction of sp³-hybridized carbons (Fsp3) is 0.438. The molecule has 1 aromatic carbocycles. The van der Waals surface area contributed by atoms with Crippen molar-refractivity contribution in [3.63, 3.8) is 0 Å². The van der Waals surface area contributed by atoms with Gasteiger partial charge in [-0.25, -0.2) is 13.1 Å². The zero-order valence-corrected chi connectivity index (χ0v) is 16.9. The van der Waals surface area contributed by atoms with Gasteiger partial charge in [0.1, 0.15) is 6.07 Å². The van der Waals surface area contributed by atoms with Gasteiger partial charge in [0, 0.05) is 13.1 Å². The van der Waals surface area contributed by atoms with Crippen molar-refractivity contribution in [2.24, 2.45) is 7.05 Å². The molecule has 11 heteroatoms. The molecule has 0 aliphatic carbocycles. The number of sulfonamides is 1. The molecule has 0 saturated heterocycles. The Labute approximate surface area is 162 Å². The second kappa shape index (κ2) is 9.18. The maximum Gasteiger partial charge on any atom is 0.240 e. The van der Waals surface area contributed by atoms with Gasteiger partial charge in [-0.3, -0.25) is 0 Å². The lowest BCUT2D eigenvalue weighted by atomic mass is 10.2. The second-order valence-electron chi connectivity index (χ2n) is 5.77. The molecule has 2 aromatic rings. The molecule has 0 bridgehead atoms. The highest BCUT2D eigenvalue weighted by Gasteiger charge is 2.19. The van der Waals surface area contributed by atoms with E-state index in [9.17, 15) is 13.7 Å². The number of hydrogen-bond acceptors (Lipinski definition) is 8. The molecule has 0 unspecified atom stereocenters. The summed E-state index contributed by atoms with van der Waals surface area (Å²) >= 11 is 1.58. The third-order valence-electron chi connectivity index (χ3n) is 3.69. The molecule has 3 N–H and O–H groups in total. The van der Waals surface area contributed by atoms with Crippen LogP contribution in [0.25, 0.3) is 0 Å². The van der Waals surface area contributed by atoms with E-state index in [1.807, 2.05) is 24.6 Å². The summed E-state index contributed by atoms with van der Waals surface area (Å²) in [4.78, 5) is -0.0369. The smallest absolute Gasteiger partial charge is 0.240 e. The van der Waals surface area contributed by atoms with Gasteiger partial charge in [0.2, 0.25) is 10.0 Å². The Morgan fingerprint density at radius 3 is 2.78 bits per heavy atom. The summed E-state index contributed by atoms with van der Waals surface area (Å²) in [6.45, 7) is 3.60. The van der Waals surface area contributed by atoms with E-state index >= 15 is 0 Å². The summed E-state index contributed by atoms with van der Waals surface area (Å²) in [7, 11) is -1.95. The normalized spacial score (nSPS) is 12.6. The first kappa shape index (κ1) is 21.2. The number of aliphatic hydroxyl groups excluding tert-OH is 1. The number of nitriles is 1. The van der Waals surface area contributed by atoms with Crippen molar-refractivity contribution in [3.05, 3.63) is 29.6 Å². The summed E-state index contributed by atoms with van der Waals surface area (Å²) in [5.41, 5.74) is 0.694. The molecule has 0 spiro atoms. The number of aromatic nitrogens is 3. The van der Waals surface area contributed by atoms with Crippen molar-refractivity contribution in [2.75, 3.05) is 17.7 Å². The van der Waals surface area contributed by atoms with Crippen LogP contribution in [0.15, 0.2) is 28.3 Å². The van der Waals surface area contributed by atoms with Gasteiger partial charge in [-0.1, -0.05) is 18.7 Å². The number of hydrogen-bond donors (Lipinski definition) is 3. The minimum Gasteiger partial charge on any atom is -0.395 e. The van der Waals surface area contributed by atoms with E-state index in [4.69, 9.17) is 5.11 Å². The Hall–Kier alpha value is -2.13. The standard InChI is InChI=1S/C16H22N6O3S2/c1-4-26-16-20-19-15(22(16)3)9-18-14-6-5-13(7-12(14)8-17)27(24,25)21-11(2)10-23/h5-7,11,18,21,23H,4,9-10H2,1-3H3/t11-/m1/s1. The number of anilines is 1. The molecule has 0 aliphatic heterocycles. The Balaban J connectivity index is 2.18. The predicted molar refractivity (Wildman–Crippen MR) is 103 cm³/mol. The van der Waals surface area contributed by atoms with Gasteiger partial charge >= 0.3 is 0 Å². The van der Waals surface area contributed by atoms with Crippen LogP contribution in [0.3, 0.4) is 0 Å². The SMILES string of the molecule is CCSc1nnc(CNc2ccc(S(=O)(=O)N[C@H](C)CO)cc2C#N)n1C. The number of nitrogens with one attached hydrogen (secondary N) is 2. The topological polar surface area (TPSA) is 133 Å². The molecule has 0 amide bonds. The van der Waals surface area contributed by atoms with Crippen LogP contribution >= 0.6 is 11.8 Å². The molecular formula is C16H22N6O3S2. The first-order chi connectivity index (χ1) is 12.8. The maximum atomic E-state index is 12.3. The van der Waals surface area contributed by atoms with Crippen molar-refractivity contribution < 1.29 is 13.5 Å². The highest BCUT2D eigenvalue weighted by atomic mass is 32.2. The highest BCUT2D eigenvalue weighted by Crippen LogP contribution is 2.21. The maximum absolute atomic E-state index is 12.3. The quantitative estimate of drug-likeness (QED) is 0.523. The Morgan fingerprint density at radius 2 is 2.15 bits per heavy atom. The fourth-order valence-corrected chi connectivity index (χ4v) is 4.15. The molecule has 2 rings (SSSR count). The van der Waals surface area contributed by atoms with Crippen molar-refractivity contribution in [1.82, 2.24) is 19.5 Å². The van der Waals surface area contributed by atoms with Crippen LogP contribution in [-0.2, 0) is 23.6 Å². The van der Waals surface area contributed by atoms with Crippen LogP contribution in [-0.4, -0.2) is 46.7 Å². The van der Waals surface area contributed by atoms with Crippen molar-refractivity contribution >= 4 is 27.5 Å². The fourth-order valence-electron chi connectivity index (χ4n) is 2.24. The second-order valence-corrected chi connectivity index (χ2v) is 8.71. The monoisotopic (exact) mass is 410 g/mol. The number of rotatable bonds is 9. The van der Waals surface area contributed by atoms with E-state index in [-0.39, 0.29) is 17.1 Å². The van der Waals surface area contributed by atoms with Crippen LogP contribution in [0.1, 0.15) is 25.2 Å². The molecule has 27 heavy (non-hydrogen) atoms. The van der Waals surface area contributed by atoms with Gasteiger partial charge in [-0.15, -0.1) is 10.2 Å². The molecule has 0 aliphatic rings. The van der Waals surface area contributed by atoms with Gasteiger partial charge in [-0.05, 0) is 30.9 Å². The largest absolute Gasteiger partial charge is 0.395 e. The zero-order chi connectivity index (χ0) is 20.0. The molecule has 0 saturated carbocycles. The van der Waals surface area contributed by atoms with Crippen molar-refractivity contribution in [2.45, 2.75) is 36.5 Å². The first-order valence-electron chi connectivity index (χ1n) is 8.24. The third-order valence-corrected chi connectivity index (χ3v) is 6.18. The number of nitrogens with zero attached hydrogens (tertiary/aromatic N) is 4. The summed E-state index contributed by atoms with van der Waals surface area (Å²) in [6.07, 6.45) is 0. The molecule has 0 fully saturated rings. The van der Waals surface area contributed by atoms with E-state index in [2.05, 4.69) is 20.2 Å². The summed E-state index contributed by atoms with van der Waals surface area (Å²) in [6, 6.07) is 5.62. The first-order valence-corrected chi connectivity index (χ1v) is 10.7. The molecule has 1 aromatic heterocycles. The van der Waals surface area contributed by atoms with E-state index in [1.54, 1.807) is 18.7 Å². The van der Waals surface area contributed by atoms with Gasteiger partial charge in [0.25, 0.3) is 0 Å². The van der Waals surface area contributed by atoms with Crippen molar-refractivity contribution in [1.29, 1.82) is 5.26 Å². The molecule has 0 radical (unpaired) electrons. The molecule has 1 heterocycles. The number of thioether (sulfide) groups is 1. The third kappa shape index (κ3) is 5.20. The van der Waals surface area contributed by atoms with E-state index in [1.165, 1.54) is 18.2 Å². The predicted octanol–water partition coefficient (Wildman–Crippen LogP) is 1.07. The van der Waals surface area contributed by atoms with Gasteiger partial charge in [0.05, 0.1) is 29.3 Å². The number of benzene rings is 1. The Kier molecular flexibility index (Phi) is 7.20. The Morgan fingerprint density at radius 1 is 1.41 bits per heavy atom. The zero-order valence-electron chi connectivity index (χ0n) is 15.3. The van der Waals surface area contributed by atoms with Crippen LogP contribution in [0.2, 0.25) is 0 Å². The summed E-state index contributed by atoms with van der Waals surface area (Å²) in [5, 5.41) is 30.5. The Bertz CT molecular complexity index is 936. The van der Waals surface area contributed by atoms with Crippen LogP contribution < -0.4 is 10.0 Å². The summed E-state index contributed by atoms with van der Waals surface area (Å²) in [5.74, 6) is 1.58. The van der Waals surface area contributed by atoms with E-state index in [0.29, 0.717) is 18.1 Å². The highest BCUT2D eigenvalue weighted by molar-refractivity contribution is 7.99. The van der Waals surface area contributed by atoms with Crippen LogP contribution in [0.5, 0.6) is 0 Å². The van der Waals surface area contributed by atoms with Crippen LogP contribution in [0.4, 0.5) is 5.69 Å². The van der Waals surface area contributed by atoms with Crippen LogP contribution in [0, 0.1) is 11.3 Å². The van der Waals surface area contributed by atoms with Gasteiger partial charge in [0.15, 0.2) is 11.0 Å².